The van der Waals surface area contributed by atoms with Crippen molar-refractivity contribution >= 4 is 33.3 Å². The second-order valence-corrected chi connectivity index (χ2v) is 5.37. The number of halogens is 2. The van der Waals surface area contributed by atoms with Crippen molar-refractivity contribution in [3.63, 3.8) is 0 Å². The molecule has 4 heteroatoms. The molecular formula is C15H12BrClO2. The molecule has 0 saturated carbocycles. The molecule has 0 amide bonds. The molecule has 0 N–H and O–H groups in total. The molecule has 0 radical (unpaired) electrons. The Labute approximate surface area is 125 Å². The zero-order valence-corrected chi connectivity index (χ0v) is 12.7. The highest BCUT2D eigenvalue weighted by atomic mass is 79.9. The Bertz CT molecular complexity index is 611. The van der Waals surface area contributed by atoms with E-state index >= 15 is 0 Å². The molecule has 0 atom stereocenters. The minimum absolute atomic E-state index is 0.0469. The van der Waals surface area contributed by atoms with Gasteiger partial charge in [0.15, 0.2) is 5.78 Å². The minimum atomic E-state index is 0.0469. The summed E-state index contributed by atoms with van der Waals surface area (Å²) in [4.78, 5) is 12.2. The molecule has 2 aromatic rings. The van der Waals surface area contributed by atoms with Gasteiger partial charge in [-0.1, -0.05) is 23.7 Å². The molecular weight excluding hydrogens is 328 g/mol. The number of methoxy groups -OCH3 is 1. The van der Waals surface area contributed by atoms with Crippen LogP contribution in [0.15, 0.2) is 46.9 Å². The Kier molecular flexibility index (Phi) is 4.61. The van der Waals surface area contributed by atoms with Crippen LogP contribution in [0.4, 0.5) is 0 Å². The van der Waals surface area contributed by atoms with Crippen molar-refractivity contribution in [2.24, 2.45) is 0 Å². The quantitative estimate of drug-likeness (QED) is 0.765. The van der Waals surface area contributed by atoms with Gasteiger partial charge in [0.25, 0.3) is 0 Å². The number of benzene rings is 2. The van der Waals surface area contributed by atoms with E-state index in [-0.39, 0.29) is 5.78 Å². The van der Waals surface area contributed by atoms with E-state index < -0.39 is 0 Å². The Balaban J connectivity index is 2.18. The first-order valence-electron chi connectivity index (χ1n) is 5.71. The van der Waals surface area contributed by atoms with Crippen LogP contribution >= 0.6 is 27.5 Å². The highest BCUT2D eigenvalue weighted by Gasteiger charge is 2.10. The highest BCUT2D eigenvalue weighted by Crippen LogP contribution is 2.26. The number of ether oxygens (including phenoxy) is 1. The lowest BCUT2D eigenvalue weighted by Crippen LogP contribution is -2.03. The highest BCUT2D eigenvalue weighted by molar-refractivity contribution is 9.10. The van der Waals surface area contributed by atoms with Crippen molar-refractivity contribution in [2.45, 2.75) is 6.42 Å². The molecule has 0 aliphatic rings. The monoisotopic (exact) mass is 338 g/mol. The van der Waals surface area contributed by atoms with Gasteiger partial charge in [0.05, 0.1) is 11.6 Å². The van der Waals surface area contributed by atoms with Gasteiger partial charge in [-0.2, -0.15) is 0 Å². The molecule has 2 nitrogen and oxygen atoms in total. The van der Waals surface area contributed by atoms with E-state index in [4.69, 9.17) is 16.3 Å². The summed E-state index contributed by atoms with van der Waals surface area (Å²) in [7, 11) is 1.59. The van der Waals surface area contributed by atoms with Crippen molar-refractivity contribution < 1.29 is 9.53 Å². The molecule has 0 unspecified atom stereocenters. The van der Waals surface area contributed by atoms with Crippen LogP contribution in [-0.2, 0) is 6.42 Å². The summed E-state index contributed by atoms with van der Waals surface area (Å²) in [5, 5.41) is 0.640. The largest absolute Gasteiger partial charge is 0.496 e. The summed E-state index contributed by atoms with van der Waals surface area (Å²) in [5.74, 6) is 0.755. The summed E-state index contributed by atoms with van der Waals surface area (Å²) < 4.78 is 5.91. The molecule has 2 rings (SSSR count). The van der Waals surface area contributed by atoms with Crippen molar-refractivity contribution in [1.82, 2.24) is 0 Å². The van der Waals surface area contributed by atoms with Crippen molar-refractivity contribution in [3.05, 3.63) is 63.1 Å². The Morgan fingerprint density at radius 1 is 1.26 bits per heavy atom. The topological polar surface area (TPSA) is 26.3 Å². The Morgan fingerprint density at radius 2 is 2.05 bits per heavy atom. The summed E-state index contributed by atoms with van der Waals surface area (Å²) in [6, 6.07) is 12.6. The SMILES string of the molecule is COc1ccc(C(=O)Cc2cccc(Cl)c2)cc1Br. The first kappa shape index (κ1) is 14.1. The van der Waals surface area contributed by atoms with Gasteiger partial charge >= 0.3 is 0 Å². The van der Waals surface area contributed by atoms with E-state index in [2.05, 4.69) is 15.9 Å². The van der Waals surface area contributed by atoms with Crippen LogP contribution in [0, 0.1) is 0 Å². The molecule has 0 aliphatic heterocycles. The average molecular weight is 340 g/mol. The lowest BCUT2D eigenvalue weighted by molar-refractivity contribution is 0.0993. The standard InChI is InChI=1S/C15H12BrClO2/c1-19-15-6-5-11(9-13(15)16)14(18)8-10-3-2-4-12(17)7-10/h2-7,9H,8H2,1H3. The maximum absolute atomic E-state index is 12.2. The van der Waals surface area contributed by atoms with Crippen LogP contribution in [0.5, 0.6) is 5.75 Å². The van der Waals surface area contributed by atoms with Gasteiger partial charge in [-0.3, -0.25) is 4.79 Å². The van der Waals surface area contributed by atoms with Crippen LogP contribution in [0.25, 0.3) is 0 Å². The first-order valence-corrected chi connectivity index (χ1v) is 6.88. The number of rotatable bonds is 4. The van der Waals surface area contributed by atoms with Crippen LogP contribution in [0.2, 0.25) is 5.02 Å². The maximum Gasteiger partial charge on any atom is 0.167 e. The molecule has 0 aliphatic carbocycles. The van der Waals surface area contributed by atoms with Crippen LogP contribution in [0.3, 0.4) is 0 Å². The number of hydrogen-bond donors (Lipinski definition) is 0. The van der Waals surface area contributed by atoms with Crippen molar-refractivity contribution in [1.29, 1.82) is 0 Å². The van der Waals surface area contributed by atoms with E-state index in [0.29, 0.717) is 22.8 Å². The van der Waals surface area contributed by atoms with Gasteiger partial charge in [-0.25, -0.2) is 0 Å². The molecule has 0 heterocycles. The Hall–Kier alpha value is -1.32. The van der Waals surface area contributed by atoms with Gasteiger partial charge in [-0.05, 0) is 51.8 Å². The lowest BCUT2D eigenvalue weighted by atomic mass is 10.0. The fourth-order valence-corrected chi connectivity index (χ4v) is 2.53. The van der Waals surface area contributed by atoms with E-state index in [1.54, 1.807) is 37.4 Å². The normalized spacial score (nSPS) is 10.3. The molecule has 2 aromatic carbocycles. The van der Waals surface area contributed by atoms with Crippen LogP contribution < -0.4 is 4.74 Å². The third-order valence-corrected chi connectivity index (χ3v) is 3.58. The maximum atomic E-state index is 12.2. The second kappa shape index (κ2) is 6.22. The number of hydrogen-bond acceptors (Lipinski definition) is 2. The third kappa shape index (κ3) is 3.58. The molecule has 0 bridgehead atoms. The minimum Gasteiger partial charge on any atom is -0.496 e. The lowest BCUT2D eigenvalue weighted by Gasteiger charge is -2.06. The first-order chi connectivity index (χ1) is 9.10. The van der Waals surface area contributed by atoms with E-state index in [0.717, 1.165) is 10.0 Å². The van der Waals surface area contributed by atoms with Crippen LogP contribution in [0.1, 0.15) is 15.9 Å². The van der Waals surface area contributed by atoms with E-state index in [1.807, 2.05) is 12.1 Å². The number of ketones is 1. The van der Waals surface area contributed by atoms with E-state index in [9.17, 15) is 4.79 Å². The van der Waals surface area contributed by atoms with E-state index in [1.165, 1.54) is 0 Å². The van der Waals surface area contributed by atoms with Crippen LogP contribution in [-0.4, -0.2) is 12.9 Å². The number of carbonyl (C=O) groups excluding carboxylic acids is 1. The average Bonchev–Trinajstić information content (AvgIpc) is 2.38. The summed E-state index contributed by atoms with van der Waals surface area (Å²) in [5.41, 5.74) is 1.55. The molecule has 98 valence electrons. The summed E-state index contributed by atoms with van der Waals surface area (Å²) >= 11 is 9.28. The molecule has 0 aromatic heterocycles. The predicted molar refractivity (Wildman–Crippen MR) is 80.2 cm³/mol. The molecule has 19 heavy (non-hydrogen) atoms. The fraction of sp³-hybridized carbons (Fsp3) is 0.133. The molecule has 0 fully saturated rings. The fourth-order valence-electron chi connectivity index (χ4n) is 1.77. The number of Topliss-reactive ketones (excluding diaryl/α,β-unsaturated/α-hetero) is 1. The predicted octanol–water partition coefficient (Wildman–Crippen LogP) is 4.54. The molecule has 0 spiro atoms. The third-order valence-electron chi connectivity index (χ3n) is 2.73. The smallest absolute Gasteiger partial charge is 0.167 e. The Morgan fingerprint density at radius 3 is 2.68 bits per heavy atom. The van der Waals surface area contributed by atoms with Gasteiger partial charge in [0.2, 0.25) is 0 Å². The zero-order chi connectivity index (χ0) is 13.8. The van der Waals surface area contributed by atoms with Gasteiger partial charge in [0.1, 0.15) is 5.75 Å². The van der Waals surface area contributed by atoms with Gasteiger partial charge in [0, 0.05) is 17.0 Å². The summed E-state index contributed by atoms with van der Waals surface area (Å²) in [6.45, 7) is 0. The summed E-state index contributed by atoms with van der Waals surface area (Å²) in [6.07, 6.45) is 0.333. The van der Waals surface area contributed by atoms with Gasteiger partial charge < -0.3 is 4.74 Å². The van der Waals surface area contributed by atoms with Crippen molar-refractivity contribution in [3.8, 4) is 5.75 Å². The second-order valence-electron chi connectivity index (χ2n) is 4.08. The van der Waals surface area contributed by atoms with Gasteiger partial charge in [-0.15, -0.1) is 0 Å². The zero-order valence-electron chi connectivity index (χ0n) is 10.3. The van der Waals surface area contributed by atoms with Crippen molar-refractivity contribution in [2.75, 3.05) is 7.11 Å². The molecule has 0 saturated heterocycles. The number of carbonyl (C=O) groups is 1.